The second-order valence-electron chi connectivity index (χ2n) is 6.30. The van der Waals surface area contributed by atoms with Crippen LogP contribution in [0.25, 0.3) is 0 Å². The van der Waals surface area contributed by atoms with Gasteiger partial charge in [-0.1, -0.05) is 6.07 Å². The van der Waals surface area contributed by atoms with Gasteiger partial charge in [-0.3, -0.25) is 9.78 Å². The Balaban J connectivity index is 1.60. The summed E-state index contributed by atoms with van der Waals surface area (Å²) in [5, 5.41) is 3.76. The van der Waals surface area contributed by atoms with Crippen LogP contribution < -0.4 is 5.32 Å². The van der Waals surface area contributed by atoms with Crippen molar-refractivity contribution in [2.45, 2.75) is 49.9 Å². The van der Waals surface area contributed by atoms with Crippen LogP contribution in [0.3, 0.4) is 0 Å². The minimum atomic E-state index is 0.171. The number of hydrogen-bond donors (Lipinski definition) is 1. The van der Waals surface area contributed by atoms with Crippen LogP contribution in [0.2, 0.25) is 0 Å². The number of nitrogens with zero attached hydrogens (tertiary/aromatic N) is 2. The zero-order valence-corrected chi connectivity index (χ0v) is 12.9. The Labute approximate surface area is 129 Å². The van der Waals surface area contributed by atoms with Crippen molar-refractivity contribution in [1.82, 2.24) is 15.2 Å². The average Bonchev–Trinajstić information content (AvgIpc) is 3.11. The molecule has 0 aromatic carbocycles. The summed E-state index contributed by atoms with van der Waals surface area (Å²) in [7, 11) is 0. The van der Waals surface area contributed by atoms with E-state index in [0.29, 0.717) is 24.4 Å². The largest absolute Gasteiger partial charge is 0.331 e. The number of pyridine rings is 1. The summed E-state index contributed by atoms with van der Waals surface area (Å²) in [6.07, 6.45) is 7.91. The van der Waals surface area contributed by atoms with Gasteiger partial charge in [-0.2, -0.15) is 11.8 Å². The Morgan fingerprint density at radius 2 is 2.24 bits per heavy atom. The Hall–Kier alpha value is -1.07. The summed E-state index contributed by atoms with van der Waals surface area (Å²) < 4.78 is 0. The minimum absolute atomic E-state index is 0.171. The monoisotopic (exact) mass is 303 g/mol. The van der Waals surface area contributed by atoms with Crippen LogP contribution in [0.4, 0.5) is 0 Å². The lowest BCUT2D eigenvalue weighted by Crippen LogP contribution is -2.42. The molecule has 4 nitrogen and oxygen atoms in total. The molecule has 0 bridgehead atoms. The van der Waals surface area contributed by atoms with Gasteiger partial charge in [0.1, 0.15) is 0 Å². The van der Waals surface area contributed by atoms with Crippen molar-refractivity contribution in [3.05, 3.63) is 30.1 Å². The fourth-order valence-electron chi connectivity index (χ4n) is 3.60. The van der Waals surface area contributed by atoms with Crippen LogP contribution in [0.5, 0.6) is 0 Å². The van der Waals surface area contributed by atoms with Crippen molar-refractivity contribution in [2.75, 3.05) is 11.5 Å². The fraction of sp³-hybridized carbons (Fsp3) is 0.625. The highest BCUT2D eigenvalue weighted by molar-refractivity contribution is 7.99. The van der Waals surface area contributed by atoms with Crippen LogP contribution >= 0.6 is 11.8 Å². The first-order valence-corrected chi connectivity index (χ1v) is 9.03. The Bertz CT molecular complexity index is 514. The van der Waals surface area contributed by atoms with E-state index < -0.39 is 0 Å². The molecule has 3 aliphatic rings. The van der Waals surface area contributed by atoms with Gasteiger partial charge in [-0.15, -0.1) is 0 Å². The molecule has 1 N–H and O–H groups in total. The molecule has 3 heterocycles. The van der Waals surface area contributed by atoms with Gasteiger partial charge in [-0.25, -0.2) is 0 Å². The molecule has 1 aromatic heterocycles. The quantitative estimate of drug-likeness (QED) is 0.924. The molecule has 21 heavy (non-hydrogen) atoms. The SMILES string of the molecule is O=C1C[C@@H](NC2CCSC2)[C@H](c2cccnc2)N1C1CC1. The Morgan fingerprint density at radius 1 is 1.33 bits per heavy atom. The van der Waals surface area contributed by atoms with Crippen molar-refractivity contribution in [1.29, 1.82) is 0 Å². The number of rotatable bonds is 4. The number of aromatic nitrogens is 1. The predicted octanol–water partition coefficient (Wildman–Crippen LogP) is 1.98. The molecule has 4 rings (SSSR count). The van der Waals surface area contributed by atoms with Gasteiger partial charge < -0.3 is 10.2 Å². The van der Waals surface area contributed by atoms with E-state index in [1.165, 1.54) is 23.5 Å². The van der Waals surface area contributed by atoms with Crippen molar-refractivity contribution in [3.8, 4) is 0 Å². The van der Waals surface area contributed by atoms with E-state index in [0.717, 1.165) is 12.8 Å². The summed E-state index contributed by atoms with van der Waals surface area (Å²) in [5.41, 5.74) is 1.18. The number of carbonyl (C=O) groups excluding carboxylic acids is 1. The molecule has 1 aromatic rings. The maximum absolute atomic E-state index is 12.5. The molecule has 1 amide bonds. The lowest BCUT2D eigenvalue weighted by atomic mass is 10.0. The average molecular weight is 303 g/mol. The van der Waals surface area contributed by atoms with Gasteiger partial charge in [0.2, 0.25) is 5.91 Å². The van der Waals surface area contributed by atoms with E-state index in [9.17, 15) is 4.79 Å². The zero-order valence-electron chi connectivity index (χ0n) is 12.1. The normalized spacial score (nSPS) is 32.9. The topological polar surface area (TPSA) is 45.2 Å². The molecule has 0 radical (unpaired) electrons. The summed E-state index contributed by atoms with van der Waals surface area (Å²) in [5.74, 6) is 2.73. The molecule has 2 saturated heterocycles. The minimum Gasteiger partial charge on any atom is -0.331 e. The molecule has 0 spiro atoms. The first-order chi connectivity index (χ1) is 10.3. The molecule has 1 unspecified atom stereocenters. The molecule has 1 saturated carbocycles. The zero-order chi connectivity index (χ0) is 14.2. The molecule has 1 aliphatic carbocycles. The van der Waals surface area contributed by atoms with E-state index >= 15 is 0 Å². The summed E-state index contributed by atoms with van der Waals surface area (Å²) in [6, 6.07) is 5.53. The number of amides is 1. The van der Waals surface area contributed by atoms with Gasteiger partial charge in [0.05, 0.1) is 6.04 Å². The van der Waals surface area contributed by atoms with Gasteiger partial charge in [0.25, 0.3) is 0 Å². The van der Waals surface area contributed by atoms with Gasteiger partial charge in [0, 0.05) is 42.7 Å². The van der Waals surface area contributed by atoms with Crippen LogP contribution in [0, 0.1) is 0 Å². The van der Waals surface area contributed by atoms with Crippen LogP contribution in [0.1, 0.15) is 37.3 Å². The second-order valence-corrected chi connectivity index (χ2v) is 7.45. The number of hydrogen-bond acceptors (Lipinski definition) is 4. The fourth-order valence-corrected chi connectivity index (χ4v) is 4.77. The first kappa shape index (κ1) is 13.6. The predicted molar refractivity (Wildman–Crippen MR) is 84.1 cm³/mol. The summed E-state index contributed by atoms with van der Waals surface area (Å²) in [4.78, 5) is 18.9. The van der Waals surface area contributed by atoms with E-state index in [-0.39, 0.29) is 12.1 Å². The van der Waals surface area contributed by atoms with E-state index in [1.807, 2.05) is 24.0 Å². The van der Waals surface area contributed by atoms with Crippen LogP contribution in [-0.2, 0) is 4.79 Å². The lowest BCUT2D eigenvalue weighted by molar-refractivity contribution is -0.129. The number of carbonyl (C=O) groups is 1. The third kappa shape index (κ3) is 2.69. The number of thioether (sulfide) groups is 1. The van der Waals surface area contributed by atoms with Gasteiger partial charge in [-0.05, 0) is 36.6 Å². The van der Waals surface area contributed by atoms with Crippen molar-refractivity contribution in [3.63, 3.8) is 0 Å². The number of likely N-dealkylation sites (tertiary alicyclic amines) is 1. The number of nitrogens with one attached hydrogen (secondary N) is 1. The lowest BCUT2D eigenvalue weighted by Gasteiger charge is -2.30. The maximum atomic E-state index is 12.5. The van der Waals surface area contributed by atoms with Crippen molar-refractivity contribution < 1.29 is 4.79 Å². The molecular weight excluding hydrogens is 282 g/mol. The second kappa shape index (κ2) is 5.61. The van der Waals surface area contributed by atoms with E-state index in [1.54, 1.807) is 6.20 Å². The molecular formula is C16H21N3OS. The van der Waals surface area contributed by atoms with Crippen LogP contribution in [0.15, 0.2) is 24.5 Å². The smallest absolute Gasteiger partial charge is 0.225 e. The van der Waals surface area contributed by atoms with E-state index in [4.69, 9.17) is 0 Å². The van der Waals surface area contributed by atoms with Gasteiger partial charge >= 0.3 is 0 Å². The Morgan fingerprint density at radius 3 is 2.90 bits per heavy atom. The summed E-state index contributed by atoms with van der Waals surface area (Å²) in [6.45, 7) is 0. The highest BCUT2D eigenvalue weighted by atomic mass is 32.2. The molecule has 5 heteroatoms. The molecule has 112 valence electrons. The van der Waals surface area contributed by atoms with Crippen molar-refractivity contribution in [2.24, 2.45) is 0 Å². The summed E-state index contributed by atoms with van der Waals surface area (Å²) >= 11 is 2.01. The van der Waals surface area contributed by atoms with Gasteiger partial charge in [0.15, 0.2) is 0 Å². The third-order valence-corrected chi connectivity index (χ3v) is 5.87. The highest BCUT2D eigenvalue weighted by Gasteiger charge is 2.47. The van der Waals surface area contributed by atoms with E-state index in [2.05, 4.69) is 21.3 Å². The molecule has 2 aliphatic heterocycles. The first-order valence-electron chi connectivity index (χ1n) is 7.88. The molecule has 3 fully saturated rings. The third-order valence-electron chi connectivity index (χ3n) is 4.71. The molecule has 3 atom stereocenters. The maximum Gasteiger partial charge on any atom is 0.225 e. The van der Waals surface area contributed by atoms with Crippen molar-refractivity contribution >= 4 is 17.7 Å². The Kier molecular flexibility index (Phi) is 3.63. The highest BCUT2D eigenvalue weighted by Crippen LogP contribution is 2.42. The standard InChI is InChI=1S/C16H21N3OS/c20-15-8-14(18-12-5-7-21-10-12)16(19(15)13-3-4-13)11-2-1-6-17-9-11/h1-2,6,9,12-14,16,18H,3-5,7-8,10H2/t12?,14-,16+/m1/s1. The van der Waals surface area contributed by atoms with Crippen LogP contribution in [-0.4, -0.2) is 45.4 Å².